The van der Waals surface area contributed by atoms with E-state index in [9.17, 15) is 0 Å². The molecular weight excluding hydrogens is 144 g/mol. The van der Waals surface area contributed by atoms with Gasteiger partial charge in [-0.1, -0.05) is 6.55 Å². The third kappa shape index (κ3) is 4.93. The molecule has 0 rings (SSSR count). The maximum absolute atomic E-state index is 8.53. The first-order chi connectivity index (χ1) is 4.62. The van der Waals surface area contributed by atoms with E-state index in [1.807, 2.05) is 0 Å². The molecule has 5 N–H and O–H groups in total. The summed E-state index contributed by atoms with van der Waals surface area (Å²) in [6.45, 7) is 3.05. The van der Waals surface area contributed by atoms with Gasteiger partial charge in [-0.15, -0.1) is 0 Å². The summed E-state index contributed by atoms with van der Waals surface area (Å²) >= 11 is 0. The van der Waals surface area contributed by atoms with Crippen molar-refractivity contribution in [3.63, 3.8) is 0 Å². The Labute approximate surface area is 63.5 Å². The summed E-state index contributed by atoms with van der Waals surface area (Å²) in [7, 11) is -1.51. The molecule has 0 radical (unpaired) electrons. The Morgan fingerprint density at radius 2 is 2.00 bits per heavy atom. The molecule has 0 aromatic carbocycles. The maximum atomic E-state index is 8.53. The lowest BCUT2D eigenvalue weighted by Crippen LogP contribution is -2.43. The quantitative estimate of drug-likeness (QED) is 0.493. The highest BCUT2D eigenvalue weighted by Gasteiger charge is 2.19. The minimum atomic E-state index is -1.51. The molecule has 10 heavy (non-hydrogen) atoms. The smallest absolute Gasteiger partial charge is 0.121 e. The van der Waals surface area contributed by atoms with Crippen LogP contribution in [0.15, 0.2) is 0 Å². The van der Waals surface area contributed by atoms with Crippen molar-refractivity contribution in [3.8, 4) is 0 Å². The summed E-state index contributed by atoms with van der Waals surface area (Å²) < 4.78 is 0. The minimum absolute atomic E-state index is 0.254. The first kappa shape index (κ1) is 10.1. The van der Waals surface area contributed by atoms with E-state index in [-0.39, 0.29) is 6.61 Å². The second-order valence-electron chi connectivity index (χ2n) is 3.02. The van der Waals surface area contributed by atoms with Crippen LogP contribution in [0.3, 0.4) is 0 Å². The minimum Gasteiger partial charge on any atom is -0.396 e. The van der Waals surface area contributed by atoms with Crippen LogP contribution in [0.4, 0.5) is 0 Å². The second-order valence-corrected chi connectivity index (χ2v) is 7.33. The molecule has 0 aliphatic rings. The molecule has 0 spiro atoms. The molecule has 0 aliphatic heterocycles. The number of hydrogen-bond donors (Lipinski definition) is 3. The van der Waals surface area contributed by atoms with Crippen LogP contribution in [0.1, 0.15) is 6.42 Å². The molecule has 0 fully saturated rings. The predicted molar refractivity (Wildman–Crippen MR) is 46.2 cm³/mol. The van der Waals surface area contributed by atoms with Crippen molar-refractivity contribution in [1.29, 1.82) is 0 Å². The van der Waals surface area contributed by atoms with Gasteiger partial charge in [-0.2, -0.15) is 0 Å². The fourth-order valence-corrected chi connectivity index (χ4v) is 2.81. The Morgan fingerprint density at radius 1 is 1.40 bits per heavy atom. The van der Waals surface area contributed by atoms with Crippen LogP contribution >= 0.6 is 0 Å². The lowest BCUT2D eigenvalue weighted by atomic mass is 10.5. The highest BCUT2D eigenvalue weighted by Crippen LogP contribution is 2.09. The van der Waals surface area contributed by atoms with Crippen LogP contribution in [0, 0.1) is 0 Å². The summed E-state index contributed by atoms with van der Waals surface area (Å²) in [6.07, 6.45) is 0.833. The van der Waals surface area contributed by atoms with E-state index < -0.39 is 8.24 Å². The fraction of sp³-hybridized carbons (Fsp3) is 1.00. The van der Waals surface area contributed by atoms with Gasteiger partial charge in [0.1, 0.15) is 8.24 Å². The molecule has 0 aromatic rings. The van der Waals surface area contributed by atoms with Gasteiger partial charge in [0.2, 0.25) is 0 Å². The third-order valence-electron chi connectivity index (χ3n) is 1.62. The monoisotopic (exact) mass is 162 g/mol. The van der Waals surface area contributed by atoms with Crippen LogP contribution < -0.4 is 11.1 Å². The first-order valence-electron chi connectivity index (χ1n) is 3.72. The average Bonchev–Trinajstić information content (AvgIpc) is 1.84. The van der Waals surface area contributed by atoms with E-state index in [2.05, 4.69) is 6.55 Å². The molecule has 0 aliphatic carbocycles. The van der Waals surface area contributed by atoms with E-state index in [1.165, 1.54) is 0 Å². The topological polar surface area (TPSA) is 72.3 Å². The number of rotatable bonds is 5. The van der Waals surface area contributed by atoms with Crippen LogP contribution in [-0.2, 0) is 0 Å². The standard InChI is InChI=1S/C6H18N2OSi/c1-10(8,6-3-7)5-2-4-9/h9H,2-8H2,1H3. The van der Waals surface area contributed by atoms with Crippen LogP contribution in [0.25, 0.3) is 0 Å². The van der Waals surface area contributed by atoms with Gasteiger partial charge in [-0.05, 0) is 25.1 Å². The Morgan fingerprint density at radius 3 is 2.40 bits per heavy atom. The first-order valence-corrected chi connectivity index (χ1v) is 6.71. The molecular formula is C6H18N2OSi. The Kier molecular flexibility index (Phi) is 4.89. The molecule has 0 aromatic heterocycles. The van der Waals surface area contributed by atoms with Gasteiger partial charge in [0.25, 0.3) is 0 Å². The van der Waals surface area contributed by atoms with Crippen molar-refractivity contribution in [3.05, 3.63) is 0 Å². The van der Waals surface area contributed by atoms with Crippen molar-refractivity contribution in [2.24, 2.45) is 11.1 Å². The zero-order valence-electron chi connectivity index (χ0n) is 6.64. The van der Waals surface area contributed by atoms with E-state index in [0.717, 1.165) is 18.5 Å². The van der Waals surface area contributed by atoms with E-state index in [1.54, 1.807) is 0 Å². The van der Waals surface area contributed by atoms with Gasteiger partial charge in [-0.3, -0.25) is 0 Å². The summed E-state index contributed by atoms with van der Waals surface area (Å²) in [5, 5.41) is 14.5. The SMILES string of the molecule is C[Si](N)(CCN)CCCO. The molecule has 0 bridgehead atoms. The van der Waals surface area contributed by atoms with Crippen LogP contribution in [0.2, 0.25) is 18.6 Å². The van der Waals surface area contributed by atoms with Crippen molar-refractivity contribution in [2.45, 2.75) is 25.1 Å². The number of aliphatic hydroxyl groups excluding tert-OH is 1. The molecule has 0 heterocycles. The average molecular weight is 162 g/mol. The lowest BCUT2D eigenvalue weighted by Gasteiger charge is -2.19. The highest BCUT2D eigenvalue weighted by atomic mass is 28.3. The Bertz CT molecular complexity index is 87.8. The molecule has 3 nitrogen and oxygen atoms in total. The predicted octanol–water partition coefficient (Wildman–Crippen LogP) is -0.138. The van der Waals surface area contributed by atoms with Gasteiger partial charge in [-0.25, -0.2) is 0 Å². The van der Waals surface area contributed by atoms with Gasteiger partial charge in [0.05, 0.1) is 0 Å². The molecule has 0 saturated heterocycles. The van der Waals surface area contributed by atoms with Crippen LogP contribution in [0.5, 0.6) is 0 Å². The van der Waals surface area contributed by atoms with Gasteiger partial charge in [0, 0.05) is 6.61 Å². The molecule has 62 valence electrons. The zero-order valence-corrected chi connectivity index (χ0v) is 7.64. The van der Waals surface area contributed by atoms with Gasteiger partial charge in [0.15, 0.2) is 0 Å². The molecule has 4 heteroatoms. The summed E-state index contributed by atoms with van der Waals surface area (Å²) in [6, 6.07) is 1.95. The second kappa shape index (κ2) is 4.84. The lowest BCUT2D eigenvalue weighted by molar-refractivity contribution is 0.294. The van der Waals surface area contributed by atoms with Crippen molar-refractivity contribution >= 4 is 8.24 Å². The third-order valence-corrected chi connectivity index (χ3v) is 4.55. The van der Waals surface area contributed by atoms with Crippen molar-refractivity contribution in [2.75, 3.05) is 13.2 Å². The van der Waals surface area contributed by atoms with E-state index in [0.29, 0.717) is 6.54 Å². The number of nitrogens with two attached hydrogens (primary N) is 2. The number of aliphatic hydroxyl groups is 1. The normalized spacial score (nSPS) is 16.8. The summed E-state index contributed by atoms with van der Waals surface area (Å²) in [5.41, 5.74) is 5.38. The molecule has 1 atom stereocenters. The maximum Gasteiger partial charge on any atom is 0.121 e. The molecule has 0 saturated carbocycles. The Balaban J connectivity index is 3.42. The molecule has 1 unspecified atom stereocenters. The van der Waals surface area contributed by atoms with Crippen LogP contribution in [-0.4, -0.2) is 26.5 Å². The van der Waals surface area contributed by atoms with E-state index >= 15 is 0 Å². The van der Waals surface area contributed by atoms with Gasteiger partial charge >= 0.3 is 0 Å². The zero-order chi connectivity index (χ0) is 8.04. The summed E-state index contributed by atoms with van der Waals surface area (Å²) in [5.74, 6) is 0. The highest BCUT2D eigenvalue weighted by molar-refractivity contribution is 6.75. The van der Waals surface area contributed by atoms with Crippen molar-refractivity contribution in [1.82, 2.24) is 0 Å². The van der Waals surface area contributed by atoms with E-state index in [4.69, 9.17) is 16.2 Å². The van der Waals surface area contributed by atoms with Gasteiger partial charge < -0.3 is 16.2 Å². The molecule has 0 amide bonds. The number of hydrogen-bond acceptors (Lipinski definition) is 3. The van der Waals surface area contributed by atoms with Crippen molar-refractivity contribution < 1.29 is 5.11 Å². The Hall–Kier alpha value is 0.0969. The summed E-state index contributed by atoms with van der Waals surface area (Å²) in [4.78, 5) is 0. The fourth-order valence-electron chi connectivity index (χ4n) is 0.938. The largest absolute Gasteiger partial charge is 0.396 e.